The maximum Gasteiger partial charge on any atom is 0.145 e. The number of aromatic nitrogens is 4. The van der Waals surface area contributed by atoms with Gasteiger partial charge in [-0.3, -0.25) is 4.57 Å². The molecule has 0 bridgehead atoms. The SMILES string of the molecule is c1ccc(-n2c3ccccc3c3ccc4c(c5cccnc5n4-c4cccc(-c5cccc(-n6c7ccccc7c7ccccc76)c5)c4)c32)cc1. The number of hydrogen-bond donors (Lipinski definition) is 0. The number of pyridine rings is 1. The van der Waals surface area contributed by atoms with Gasteiger partial charge < -0.3 is 9.13 Å². The summed E-state index contributed by atoms with van der Waals surface area (Å²) >= 11 is 0. The van der Waals surface area contributed by atoms with Crippen LogP contribution in [-0.2, 0) is 0 Å². The Morgan fingerprint density at radius 2 is 0.863 bits per heavy atom. The number of fused-ring (bicyclic) bond motifs is 10. The van der Waals surface area contributed by atoms with Crippen LogP contribution in [0.25, 0.3) is 93.7 Å². The molecule has 0 aliphatic carbocycles. The van der Waals surface area contributed by atoms with Crippen LogP contribution < -0.4 is 0 Å². The van der Waals surface area contributed by atoms with Crippen LogP contribution in [-0.4, -0.2) is 18.7 Å². The van der Waals surface area contributed by atoms with Crippen molar-refractivity contribution in [1.29, 1.82) is 0 Å². The molecule has 0 atom stereocenters. The second-order valence-corrected chi connectivity index (χ2v) is 13.2. The van der Waals surface area contributed by atoms with Crippen LogP contribution >= 0.6 is 0 Å². The van der Waals surface area contributed by atoms with Crippen LogP contribution in [0.2, 0.25) is 0 Å². The summed E-state index contributed by atoms with van der Waals surface area (Å²) in [5.41, 5.74) is 12.6. The van der Waals surface area contributed by atoms with Gasteiger partial charge in [0.25, 0.3) is 0 Å². The van der Waals surface area contributed by atoms with Gasteiger partial charge in [0.05, 0.1) is 27.6 Å². The number of nitrogens with zero attached hydrogens (tertiary/aromatic N) is 4. The predicted molar refractivity (Wildman–Crippen MR) is 213 cm³/mol. The van der Waals surface area contributed by atoms with Gasteiger partial charge in [0.1, 0.15) is 5.65 Å². The molecule has 11 rings (SSSR count). The minimum absolute atomic E-state index is 0.945. The highest BCUT2D eigenvalue weighted by molar-refractivity contribution is 6.25. The van der Waals surface area contributed by atoms with E-state index < -0.39 is 0 Å². The van der Waals surface area contributed by atoms with Crippen molar-refractivity contribution in [2.24, 2.45) is 0 Å². The highest BCUT2D eigenvalue weighted by Crippen LogP contribution is 2.42. The molecule has 4 nitrogen and oxygen atoms in total. The number of hydrogen-bond acceptors (Lipinski definition) is 1. The van der Waals surface area contributed by atoms with Crippen molar-refractivity contribution in [2.75, 3.05) is 0 Å². The average Bonchev–Trinajstić information content (AvgIpc) is 3.84. The topological polar surface area (TPSA) is 27.7 Å². The Hall–Kier alpha value is -6.91. The smallest absolute Gasteiger partial charge is 0.145 e. The summed E-state index contributed by atoms with van der Waals surface area (Å²) in [4.78, 5) is 5.02. The van der Waals surface area contributed by atoms with E-state index in [1.165, 1.54) is 49.0 Å². The van der Waals surface area contributed by atoms with Gasteiger partial charge in [-0.15, -0.1) is 0 Å². The number of para-hydroxylation sites is 4. The molecule has 0 aliphatic rings. The normalized spacial score (nSPS) is 11.9. The quantitative estimate of drug-likeness (QED) is 0.186. The number of rotatable bonds is 4. The molecule has 0 N–H and O–H groups in total. The van der Waals surface area contributed by atoms with Crippen molar-refractivity contribution in [1.82, 2.24) is 18.7 Å². The van der Waals surface area contributed by atoms with Gasteiger partial charge in [-0.05, 0) is 83.9 Å². The molecule has 0 spiro atoms. The van der Waals surface area contributed by atoms with Crippen LogP contribution in [0.3, 0.4) is 0 Å². The van der Waals surface area contributed by atoms with E-state index in [9.17, 15) is 0 Å². The Kier molecular flexibility index (Phi) is 5.92. The summed E-state index contributed by atoms with van der Waals surface area (Å²) in [6.07, 6.45) is 1.90. The summed E-state index contributed by atoms with van der Waals surface area (Å²) < 4.78 is 7.13. The Bertz CT molecular complexity index is 3090. The fourth-order valence-electron chi connectivity index (χ4n) is 8.34. The van der Waals surface area contributed by atoms with Crippen LogP contribution in [0.1, 0.15) is 0 Å². The molecular weight excluding hydrogens is 621 g/mol. The minimum Gasteiger partial charge on any atom is -0.309 e. The lowest BCUT2D eigenvalue weighted by molar-refractivity contribution is 1.13. The van der Waals surface area contributed by atoms with E-state index in [1.807, 2.05) is 6.20 Å². The second-order valence-electron chi connectivity index (χ2n) is 13.2. The third-order valence-corrected chi connectivity index (χ3v) is 10.5. The molecule has 0 radical (unpaired) electrons. The first-order chi connectivity index (χ1) is 25.3. The third-order valence-electron chi connectivity index (χ3n) is 10.5. The first-order valence-corrected chi connectivity index (χ1v) is 17.4. The van der Waals surface area contributed by atoms with E-state index in [0.29, 0.717) is 0 Å². The zero-order valence-corrected chi connectivity index (χ0v) is 27.6. The van der Waals surface area contributed by atoms with Crippen molar-refractivity contribution < 1.29 is 0 Å². The highest BCUT2D eigenvalue weighted by atomic mass is 15.1. The molecule has 0 unspecified atom stereocenters. The van der Waals surface area contributed by atoms with E-state index >= 15 is 0 Å². The second kappa shape index (κ2) is 10.8. The Morgan fingerprint density at radius 1 is 0.333 bits per heavy atom. The fraction of sp³-hybridized carbons (Fsp3) is 0. The largest absolute Gasteiger partial charge is 0.309 e. The van der Waals surface area contributed by atoms with E-state index in [0.717, 1.165) is 44.7 Å². The predicted octanol–water partition coefficient (Wildman–Crippen LogP) is 12.0. The molecule has 0 amide bonds. The van der Waals surface area contributed by atoms with Gasteiger partial charge in [-0.2, -0.15) is 0 Å². The maximum absolute atomic E-state index is 5.02. The first-order valence-electron chi connectivity index (χ1n) is 17.4. The van der Waals surface area contributed by atoms with Crippen molar-refractivity contribution in [2.45, 2.75) is 0 Å². The molecule has 0 saturated carbocycles. The monoisotopic (exact) mass is 650 g/mol. The summed E-state index contributed by atoms with van der Waals surface area (Å²) in [6.45, 7) is 0. The summed E-state index contributed by atoms with van der Waals surface area (Å²) in [5.74, 6) is 0. The van der Waals surface area contributed by atoms with Gasteiger partial charge >= 0.3 is 0 Å². The zero-order valence-electron chi connectivity index (χ0n) is 27.6. The molecule has 0 fully saturated rings. The average molecular weight is 651 g/mol. The van der Waals surface area contributed by atoms with Crippen molar-refractivity contribution in [3.63, 3.8) is 0 Å². The summed E-state index contributed by atoms with van der Waals surface area (Å²) in [6, 6.07) is 63.4. The Morgan fingerprint density at radius 3 is 1.53 bits per heavy atom. The molecule has 4 aromatic heterocycles. The van der Waals surface area contributed by atoms with Crippen LogP contribution in [0.4, 0.5) is 0 Å². The summed E-state index contributed by atoms with van der Waals surface area (Å²) in [7, 11) is 0. The first kappa shape index (κ1) is 28.0. The standard InChI is InChI=1S/C47H30N4/c1-2-15-33(16-3-1)50-43-25-9-6-21-38(43)39-26-27-44-45(46(39)50)40-22-12-28-48-47(40)51(44)35-18-11-14-32(30-35)31-13-10-17-34(29-31)49-41-23-7-4-19-36(41)37-20-5-8-24-42(37)49/h1-30H. The lowest BCUT2D eigenvalue weighted by atomic mass is 10.0. The molecule has 238 valence electrons. The van der Waals surface area contributed by atoms with Crippen molar-refractivity contribution >= 4 is 65.5 Å². The minimum atomic E-state index is 0.945. The summed E-state index contributed by atoms with van der Waals surface area (Å²) in [5, 5.41) is 7.35. The van der Waals surface area contributed by atoms with Crippen LogP contribution in [0.15, 0.2) is 182 Å². The van der Waals surface area contributed by atoms with Crippen molar-refractivity contribution in [3.05, 3.63) is 182 Å². The molecule has 4 heterocycles. The molecule has 11 aromatic rings. The van der Waals surface area contributed by atoms with E-state index in [1.54, 1.807) is 0 Å². The van der Waals surface area contributed by atoms with Gasteiger partial charge in [0.2, 0.25) is 0 Å². The van der Waals surface area contributed by atoms with Gasteiger partial charge in [-0.25, -0.2) is 4.98 Å². The molecule has 7 aromatic carbocycles. The Labute approximate surface area is 293 Å². The van der Waals surface area contributed by atoms with E-state index in [2.05, 4.69) is 190 Å². The fourth-order valence-corrected chi connectivity index (χ4v) is 8.34. The van der Waals surface area contributed by atoms with E-state index in [4.69, 9.17) is 4.98 Å². The number of benzene rings is 7. The van der Waals surface area contributed by atoms with Crippen molar-refractivity contribution in [3.8, 4) is 28.2 Å². The van der Waals surface area contributed by atoms with Gasteiger partial charge in [0.15, 0.2) is 0 Å². The Balaban J connectivity index is 1.14. The van der Waals surface area contributed by atoms with Crippen LogP contribution in [0, 0.1) is 0 Å². The highest BCUT2D eigenvalue weighted by Gasteiger charge is 2.21. The molecular formula is C47H30N4. The molecule has 0 aliphatic heterocycles. The lowest BCUT2D eigenvalue weighted by Crippen LogP contribution is -1.97. The molecule has 4 heteroatoms. The lowest BCUT2D eigenvalue weighted by Gasteiger charge is -2.12. The molecule has 0 saturated heterocycles. The van der Waals surface area contributed by atoms with Crippen LogP contribution in [0.5, 0.6) is 0 Å². The van der Waals surface area contributed by atoms with Gasteiger partial charge in [-0.1, -0.05) is 103 Å². The van der Waals surface area contributed by atoms with E-state index in [-0.39, 0.29) is 0 Å². The molecule has 51 heavy (non-hydrogen) atoms. The zero-order chi connectivity index (χ0) is 33.5. The third kappa shape index (κ3) is 4.05. The maximum atomic E-state index is 5.02. The van der Waals surface area contributed by atoms with Gasteiger partial charge in [0, 0.05) is 55.6 Å².